The zero-order valence-electron chi connectivity index (χ0n) is 37.4. The fourth-order valence-electron chi connectivity index (χ4n) is 7.29. The average molecular weight is 958 g/mol. The van der Waals surface area contributed by atoms with Crippen LogP contribution in [0.4, 0.5) is 40.8 Å². The van der Waals surface area contributed by atoms with E-state index in [1.165, 1.54) is 50.8 Å². The Balaban J connectivity index is 0.000000187. The van der Waals surface area contributed by atoms with Crippen LogP contribution in [0.1, 0.15) is 54.4 Å². The van der Waals surface area contributed by atoms with Gasteiger partial charge < -0.3 is 55.0 Å². The monoisotopic (exact) mass is 957 g/mol. The quantitative estimate of drug-likeness (QED) is 0.0742. The number of anilines is 4. The van der Waals surface area contributed by atoms with Crippen LogP contribution < -0.4 is 55.0 Å². The number of piperidine rings is 2. The first-order chi connectivity index (χ1) is 33.5. The second-order valence-electron chi connectivity index (χ2n) is 15.9. The Labute approximate surface area is 392 Å². The summed E-state index contributed by atoms with van der Waals surface area (Å²) in [6, 6.07) is 10.6. The minimum absolute atomic E-state index is 0.00852. The predicted octanol–water partition coefficient (Wildman–Crippen LogP) is 6.02. The zero-order chi connectivity index (χ0) is 48.4. The second kappa shape index (κ2) is 21.8. The molecule has 1 saturated carbocycles. The third-order valence-electron chi connectivity index (χ3n) is 11.1. The summed E-state index contributed by atoms with van der Waals surface area (Å²) >= 11 is 0. The maximum atomic E-state index is 15.4. The van der Waals surface area contributed by atoms with Crippen LogP contribution in [0.2, 0.25) is 0 Å². The number of nitrogens with one attached hydrogen (secondary N) is 1. The van der Waals surface area contributed by atoms with Crippen LogP contribution >= 0.6 is 0 Å². The first kappa shape index (κ1) is 47.6. The van der Waals surface area contributed by atoms with E-state index in [1.54, 1.807) is 23.0 Å². The smallest absolute Gasteiger partial charge is 0.318 e. The summed E-state index contributed by atoms with van der Waals surface area (Å²) in [6.45, 7) is 2.55. The summed E-state index contributed by atoms with van der Waals surface area (Å²) in [5.74, 6) is -2.26. The van der Waals surface area contributed by atoms with E-state index in [4.69, 9.17) is 39.9 Å². The number of rotatable bonds is 16. The van der Waals surface area contributed by atoms with Crippen LogP contribution in [0.5, 0.6) is 46.8 Å². The van der Waals surface area contributed by atoms with Gasteiger partial charge in [-0.25, -0.2) is 28.7 Å². The van der Waals surface area contributed by atoms with Crippen LogP contribution in [0.15, 0.2) is 61.4 Å². The Morgan fingerprint density at radius 1 is 0.638 bits per heavy atom. The third kappa shape index (κ3) is 12.0. The summed E-state index contributed by atoms with van der Waals surface area (Å²) in [6.07, 6.45) is 9.19. The van der Waals surface area contributed by atoms with Gasteiger partial charge in [-0.2, -0.15) is 28.7 Å². The van der Waals surface area contributed by atoms with Crippen LogP contribution in [0.3, 0.4) is 0 Å². The molecule has 3 aliphatic rings. The van der Waals surface area contributed by atoms with Crippen LogP contribution in [0.25, 0.3) is 0 Å². The van der Waals surface area contributed by atoms with Gasteiger partial charge in [0.05, 0.1) is 26.6 Å². The van der Waals surface area contributed by atoms with Crippen molar-refractivity contribution >= 4 is 29.6 Å². The van der Waals surface area contributed by atoms with E-state index in [0.29, 0.717) is 81.3 Å². The summed E-state index contributed by atoms with van der Waals surface area (Å²) in [5, 5.41) is 3.45. The Morgan fingerprint density at radius 3 is 1.57 bits per heavy atom. The van der Waals surface area contributed by atoms with Crippen molar-refractivity contribution in [1.82, 2.24) is 45.2 Å². The zero-order valence-corrected chi connectivity index (χ0v) is 37.4. The molecule has 20 nitrogen and oxygen atoms in total. The molecule has 69 heavy (non-hydrogen) atoms. The van der Waals surface area contributed by atoms with Crippen molar-refractivity contribution in [2.24, 2.45) is 0 Å². The molecule has 2 saturated heterocycles. The molecule has 0 unspecified atom stereocenters. The molecule has 6 aromatic rings. The summed E-state index contributed by atoms with van der Waals surface area (Å²) in [5.41, 5.74) is 12.3. The van der Waals surface area contributed by atoms with E-state index < -0.39 is 23.3 Å². The van der Waals surface area contributed by atoms with Crippen molar-refractivity contribution in [3.8, 4) is 46.8 Å². The number of halogens is 4. The van der Waals surface area contributed by atoms with Crippen molar-refractivity contribution in [2.75, 3.05) is 61.7 Å². The lowest BCUT2D eigenvalue weighted by atomic mass is 10.1. The molecule has 0 spiro atoms. The summed E-state index contributed by atoms with van der Waals surface area (Å²) in [4.78, 5) is 45.7. The van der Waals surface area contributed by atoms with Crippen molar-refractivity contribution < 1.29 is 50.8 Å². The number of aromatic nitrogens is 8. The standard InChI is InChI=1S/C24H27F2N7O3.C21H20F2N6O4/c1-34-19-10-14(11-28-15-3-4-15)2-5-18(19)36-23-20(26)22(30-13-31-23)33-8-6-16(7-9-33)35-24-29-12-17(25)21(27)32-24;1-31-16-8-12(10-30)2-3-15(16)33-20-17(23)19(26-11-27-20)29-6-4-13(5-7-29)32-21-25-9-14(22)18(24)28-21/h2,5,10,12-13,15-16,28H,3-4,6-9,11H2,1H3,(H2,27,29,32);2-3,8-11,13H,4-7H2,1H3,(H2,24,25,28). The first-order valence-electron chi connectivity index (χ1n) is 21.8. The van der Waals surface area contributed by atoms with Gasteiger partial charge >= 0.3 is 12.0 Å². The molecule has 4 aromatic heterocycles. The van der Waals surface area contributed by atoms with E-state index >= 15 is 8.78 Å². The lowest BCUT2D eigenvalue weighted by Gasteiger charge is -2.32. The van der Waals surface area contributed by atoms with Gasteiger partial charge in [0, 0.05) is 70.0 Å². The summed E-state index contributed by atoms with van der Waals surface area (Å²) < 4.78 is 90.4. The molecule has 0 amide bonds. The molecule has 1 aliphatic carbocycles. The Hall–Kier alpha value is -7.89. The molecule has 24 heteroatoms. The molecular formula is C45H47F4N13O7. The molecule has 2 aromatic carbocycles. The van der Waals surface area contributed by atoms with E-state index in [1.807, 2.05) is 12.1 Å². The van der Waals surface area contributed by atoms with E-state index in [9.17, 15) is 13.6 Å². The van der Waals surface area contributed by atoms with Gasteiger partial charge in [0.1, 0.15) is 31.1 Å². The molecule has 5 N–H and O–H groups in total. The Morgan fingerprint density at radius 2 is 1.12 bits per heavy atom. The van der Waals surface area contributed by atoms with Gasteiger partial charge in [0.2, 0.25) is 11.6 Å². The highest BCUT2D eigenvalue weighted by Gasteiger charge is 2.29. The molecule has 6 heterocycles. The Bertz CT molecular complexity index is 2750. The number of carbonyl (C=O) groups excluding carboxylic acids is 1. The van der Waals surface area contributed by atoms with Crippen molar-refractivity contribution in [2.45, 2.75) is 63.3 Å². The lowest BCUT2D eigenvalue weighted by Crippen LogP contribution is -2.39. The summed E-state index contributed by atoms with van der Waals surface area (Å²) in [7, 11) is 2.95. The molecule has 3 fully saturated rings. The van der Waals surface area contributed by atoms with Gasteiger partial charge in [0.15, 0.2) is 57.9 Å². The number of benzene rings is 2. The molecule has 0 atom stereocenters. The lowest BCUT2D eigenvalue weighted by molar-refractivity contribution is 0.112. The van der Waals surface area contributed by atoms with E-state index in [0.717, 1.165) is 24.5 Å². The predicted molar refractivity (Wildman–Crippen MR) is 240 cm³/mol. The number of methoxy groups -OCH3 is 2. The highest BCUT2D eigenvalue weighted by atomic mass is 19.1. The van der Waals surface area contributed by atoms with Gasteiger partial charge in [-0.05, 0) is 48.7 Å². The number of aldehydes is 1. The molecule has 0 radical (unpaired) electrons. The fraction of sp³-hybridized carbons (Fsp3) is 0.356. The second-order valence-corrected chi connectivity index (χ2v) is 15.9. The number of ether oxygens (including phenoxy) is 6. The van der Waals surface area contributed by atoms with Crippen LogP contribution in [0, 0.1) is 23.3 Å². The van der Waals surface area contributed by atoms with Crippen LogP contribution in [-0.2, 0) is 6.54 Å². The Kier molecular flexibility index (Phi) is 15.1. The topological polar surface area (TPSA) is 246 Å². The minimum Gasteiger partial charge on any atom is -0.493 e. The molecule has 2 aliphatic heterocycles. The SMILES string of the molecule is COc1cc(C=O)ccc1Oc1ncnc(N2CCC(Oc3ncc(F)c(N)n3)CC2)c1F.COc1cc(CNC2CC2)ccc1Oc1ncnc(N2CCC(Oc3ncc(F)c(N)n3)CC2)c1F. The number of carbonyl (C=O) groups is 1. The normalized spacial score (nSPS) is 15.2. The van der Waals surface area contributed by atoms with E-state index in [2.05, 4.69) is 45.2 Å². The molecule has 0 bridgehead atoms. The minimum atomic E-state index is -0.729. The first-order valence-corrected chi connectivity index (χ1v) is 21.8. The average Bonchev–Trinajstić information content (AvgIpc) is 4.20. The maximum absolute atomic E-state index is 15.4. The fourth-order valence-corrected chi connectivity index (χ4v) is 7.29. The van der Waals surface area contributed by atoms with Crippen LogP contribution in [-0.4, -0.2) is 105 Å². The highest BCUT2D eigenvalue weighted by molar-refractivity contribution is 5.76. The third-order valence-corrected chi connectivity index (χ3v) is 11.1. The van der Waals surface area contributed by atoms with Gasteiger partial charge in [-0.3, -0.25) is 4.79 Å². The number of hydrogen-bond acceptors (Lipinski definition) is 20. The molecular weight excluding hydrogens is 911 g/mol. The highest BCUT2D eigenvalue weighted by Crippen LogP contribution is 2.37. The number of nitrogens with zero attached hydrogens (tertiary/aromatic N) is 10. The van der Waals surface area contributed by atoms with Gasteiger partial charge in [-0.15, -0.1) is 0 Å². The van der Waals surface area contributed by atoms with Crippen molar-refractivity contribution in [3.63, 3.8) is 0 Å². The number of hydrogen-bond donors (Lipinski definition) is 3. The van der Waals surface area contributed by atoms with Crippen molar-refractivity contribution in [1.29, 1.82) is 0 Å². The van der Waals surface area contributed by atoms with Crippen molar-refractivity contribution in [3.05, 3.63) is 95.8 Å². The largest absolute Gasteiger partial charge is 0.493 e. The number of nitrogens with two attached hydrogens (primary N) is 2. The molecule has 9 rings (SSSR count). The van der Waals surface area contributed by atoms with E-state index in [-0.39, 0.29) is 70.8 Å². The number of nitrogen functional groups attached to an aromatic ring is 2. The van der Waals surface area contributed by atoms with Gasteiger partial charge in [0.25, 0.3) is 11.8 Å². The van der Waals surface area contributed by atoms with Gasteiger partial charge in [-0.1, -0.05) is 6.07 Å². The molecule has 362 valence electrons. The maximum Gasteiger partial charge on any atom is 0.318 e.